The first-order chi connectivity index (χ1) is 14.2. The lowest BCUT2D eigenvalue weighted by Gasteiger charge is -2.46. The molecular formula is C21H30N4O4S. The first kappa shape index (κ1) is 21.1. The third-order valence-electron chi connectivity index (χ3n) is 7.21. The van der Waals surface area contributed by atoms with E-state index in [9.17, 15) is 18.0 Å². The number of benzene rings is 1. The van der Waals surface area contributed by atoms with Crippen LogP contribution in [-0.4, -0.2) is 86.0 Å². The number of fused-ring (bicyclic) bond motifs is 2. The van der Waals surface area contributed by atoms with E-state index in [1.54, 1.807) is 0 Å². The average Bonchev–Trinajstić information content (AvgIpc) is 3.26. The Morgan fingerprint density at radius 2 is 1.83 bits per heavy atom. The zero-order valence-electron chi connectivity index (χ0n) is 17.6. The lowest BCUT2D eigenvalue weighted by molar-refractivity contribution is -0.133. The Kier molecular flexibility index (Phi) is 5.52. The van der Waals surface area contributed by atoms with Crippen LogP contribution in [0, 0.1) is 11.8 Å². The highest BCUT2D eigenvalue weighted by atomic mass is 32.2. The lowest BCUT2D eigenvalue weighted by Crippen LogP contribution is -2.58. The van der Waals surface area contributed by atoms with Crippen LogP contribution in [0.25, 0.3) is 0 Å². The largest absolute Gasteiger partial charge is 0.339 e. The summed E-state index contributed by atoms with van der Waals surface area (Å²) in [7, 11) is -1.48. The van der Waals surface area contributed by atoms with Crippen molar-refractivity contribution in [3.8, 4) is 0 Å². The number of urea groups is 1. The van der Waals surface area contributed by atoms with Gasteiger partial charge in [-0.2, -0.15) is 0 Å². The number of likely N-dealkylation sites (tertiary alicyclic amines) is 2. The summed E-state index contributed by atoms with van der Waals surface area (Å²) >= 11 is 0. The second-order valence-electron chi connectivity index (χ2n) is 8.75. The van der Waals surface area contributed by atoms with Crippen molar-refractivity contribution in [1.82, 2.24) is 19.4 Å². The van der Waals surface area contributed by atoms with Crippen LogP contribution in [0.3, 0.4) is 0 Å². The zero-order chi connectivity index (χ0) is 21.5. The summed E-state index contributed by atoms with van der Waals surface area (Å²) in [5, 5.41) is 2.99. The number of carbonyl (C=O) groups excluding carboxylic acids is 2. The standard InChI is InChI=1S/C21H30N4O4S/c1-23-19(26)17-14-25(30(2,28)29)15-18(17)21(23)9-12-24(13-10-21)20(27)22-11-8-16-6-4-3-5-7-16/h3-7,17-18H,8-15H2,1-2H3,(H,22,27)/t17-,18+/m0/s1. The van der Waals surface area contributed by atoms with Crippen molar-refractivity contribution in [3.05, 3.63) is 35.9 Å². The molecular weight excluding hydrogens is 404 g/mol. The van der Waals surface area contributed by atoms with Crippen molar-refractivity contribution in [2.45, 2.75) is 24.8 Å². The van der Waals surface area contributed by atoms with Crippen LogP contribution in [0.15, 0.2) is 30.3 Å². The average molecular weight is 435 g/mol. The fourth-order valence-electron chi connectivity index (χ4n) is 5.42. The van der Waals surface area contributed by atoms with Crippen molar-refractivity contribution in [3.63, 3.8) is 0 Å². The maximum atomic E-state index is 12.8. The molecule has 4 rings (SSSR count). The van der Waals surface area contributed by atoms with Gasteiger partial charge in [0.25, 0.3) is 0 Å². The molecule has 3 heterocycles. The molecule has 30 heavy (non-hydrogen) atoms. The minimum atomic E-state index is -3.31. The molecule has 3 fully saturated rings. The van der Waals surface area contributed by atoms with Gasteiger partial charge in [0.15, 0.2) is 0 Å². The van der Waals surface area contributed by atoms with Crippen LogP contribution >= 0.6 is 0 Å². The summed E-state index contributed by atoms with van der Waals surface area (Å²) in [6, 6.07) is 9.96. The Hall–Kier alpha value is -2.13. The summed E-state index contributed by atoms with van der Waals surface area (Å²) < 4.78 is 25.5. The fraction of sp³-hybridized carbons (Fsp3) is 0.619. The molecule has 1 spiro atoms. The highest BCUT2D eigenvalue weighted by Crippen LogP contribution is 2.49. The van der Waals surface area contributed by atoms with Gasteiger partial charge in [0, 0.05) is 45.7 Å². The molecule has 3 saturated heterocycles. The van der Waals surface area contributed by atoms with Crippen molar-refractivity contribution in [2.75, 3.05) is 46.0 Å². The van der Waals surface area contributed by atoms with Crippen LogP contribution in [0.4, 0.5) is 4.79 Å². The third-order valence-corrected chi connectivity index (χ3v) is 8.45. The minimum Gasteiger partial charge on any atom is -0.339 e. The first-order valence-corrected chi connectivity index (χ1v) is 12.4. The van der Waals surface area contributed by atoms with Gasteiger partial charge in [-0.1, -0.05) is 30.3 Å². The van der Waals surface area contributed by atoms with E-state index in [0.29, 0.717) is 39.0 Å². The Bertz CT molecular complexity index is 912. The topological polar surface area (TPSA) is 90.0 Å². The summed E-state index contributed by atoms with van der Waals surface area (Å²) in [6.07, 6.45) is 3.35. The van der Waals surface area contributed by atoms with Gasteiger partial charge < -0.3 is 15.1 Å². The van der Waals surface area contributed by atoms with Gasteiger partial charge in [-0.3, -0.25) is 4.79 Å². The second-order valence-corrected chi connectivity index (χ2v) is 10.7. The van der Waals surface area contributed by atoms with Gasteiger partial charge in [-0.05, 0) is 24.8 Å². The van der Waals surface area contributed by atoms with E-state index in [-0.39, 0.29) is 35.9 Å². The quantitative estimate of drug-likeness (QED) is 0.757. The first-order valence-electron chi connectivity index (χ1n) is 10.5. The Morgan fingerprint density at radius 3 is 2.47 bits per heavy atom. The predicted octanol–water partition coefficient (Wildman–Crippen LogP) is 0.753. The Morgan fingerprint density at radius 1 is 1.17 bits per heavy atom. The second kappa shape index (κ2) is 7.85. The molecule has 3 amide bonds. The highest BCUT2D eigenvalue weighted by molar-refractivity contribution is 7.88. The summed E-state index contributed by atoms with van der Waals surface area (Å²) in [4.78, 5) is 29.1. The number of amides is 3. The molecule has 0 radical (unpaired) electrons. The van der Waals surface area contributed by atoms with E-state index in [1.807, 2.05) is 47.2 Å². The van der Waals surface area contributed by atoms with Crippen LogP contribution in [0.1, 0.15) is 18.4 Å². The number of hydrogen-bond donors (Lipinski definition) is 1. The molecule has 0 aliphatic carbocycles. The van der Waals surface area contributed by atoms with Crippen LogP contribution in [0.2, 0.25) is 0 Å². The number of rotatable bonds is 4. The van der Waals surface area contributed by atoms with Crippen molar-refractivity contribution >= 4 is 22.0 Å². The Balaban J connectivity index is 1.36. The van der Waals surface area contributed by atoms with Crippen LogP contribution < -0.4 is 5.32 Å². The van der Waals surface area contributed by atoms with Gasteiger partial charge in [0.05, 0.1) is 17.7 Å². The van der Waals surface area contributed by atoms with Crippen molar-refractivity contribution < 1.29 is 18.0 Å². The third kappa shape index (κ3) is 3.69. The molecule has 8 nitrogen and oxygen atoms in total. The molecule has 0 saturated carbocycles. The van der Waals surface area contributed by atoms with Crippen LogP contribution in [0.5, 0.6) is 0 Å². The molecule has 2 atom stereocenters. The Labute approximate surface area is 178 Å². The van der Waals surface area contributed by atoms with Gasteiger partial charge in [-0.15, -0.1) is 0 Å². The normalized spacial score (nSPS) is 26.3. The van der Waals surface area contributed by atoms with E-state index < -0.39 is 10.0 Å². The molecule has 9 heteroatoms. The fourth-order valence-corrected chi connectivity index (χ4v) is 6.29. The lowest BCUT2D eigenvalue weighted by atomic mass is 9.75. The number of nitrogens with one attached hydrogen (secondary N) is 1. The van der Waals surface area contributed by atoms with E-state index >= 15 is 0 Å². The number of nitrogens with zero attached hydrogens (tertiary/aromatic N) is 3. The number of piperidine rings is 1. The molecule has 0 unspecified atom stereocenters. The van der Waals surface area contributed by atoms with Gasteiger partial charge in [0.2, 0.25) is 15.9 Å². The molecule has 0 bridgehead atoms. The minimum absolute atomic E-state index is 0.00647. The van der Waals surface area contributed by atoms with Gasteiger partial charge in [-0.25, -0.2) is 17.5 Å². The van der Waals surface area contributed by atoms with Gasteiger partial charge >= 0.3 is 6.03 Å². The van der Waals surface area contributed by atoms with E-state index in [1.165, 1.54) is 16.1 Å². The molecule has 3 aliphatic rings. The summed E-state index contributed by atoms with van der Waals surface area (Å²) in [5.41, 5.74) is 0.825. The predicted molar refractivity (Wildman–Crippen MR) is 113 cm³/mol. The maximum absolute atomic E-state index is 12.8. The van der Waals surface area contributed by atoms with E-state index in [2.05, 4.69) is 5.32 Å². The molecule has 1 aromatic carbocycles. The van der Waals surface area contributed by atoms with Crippen molar-refractivity contribution in [1.29, 1.82) is 0 Å². The maximum Gasteiger partial charge on any atom is 0.317 e. The zero-order valence-corrected chi connectivity index (χ0v) is 18.4. The highest BCUT2D eigenvalue weighted by Gasteiger charge is 2.61. The number of carbonyl (C=O) groups is 2. The SMILES string of the molecule is CN1C(=O)[C@H]2CN(S(C)(=O)=O)C[C@H]2C12CCN(C(=O)NCCc1ccccc1)CC2. The van der Waals surface area contributed by atoms with Gasteiger partial charge in [0.1, 0.15) is 0 Å². The monoisotopic (exact) mass is 434 g/mol. The summed E-state index contributed by atoms with van der Waals surface area (Å²) in [5.74, 6) is -0.240. The molecule has 1 aromatic rings. The van der Waals surface area contributed by atoms with E-state index in [4.69, 9.17) is 0 Å². The van der Waals surface area contributed by atoms with Crippen LogP contribution in [-0.2, 0) is 21.2 Å². The molecule has 0 aromatic heterocycles. The van der Waals surface area contributed by atoms with Crippen molar-refractivity contribution in [2.24, 2.45) is 11.8 Å². The molecule has 1 N–H and O–H groups in total. The number of sulfonamides is 1. The smallest absolute Gasteiger partial charge is 0.317 e. The van der Waals surface area contributed by atoms with E-state index in [0.717, 1.165) is 6.42 Å². The number of hydrogen-bond acceptors (Lipinski definition) is 4. The molecule has 164 valence electrons. The summed E-state index contributed by atoms with van der Waals surface area (Å²) in [6.45, 7) is 2.38. The molecule has 3 aliphatic heterocycles.